The summed E-state index contributed by atoms with van der Waals surface area (Å²) < 4.78 is 19.4. The Morgan fingerprint density at radius 2 is 2.15 bits per heavy atom. The van der Waals surface area contributed by atoms with Gasteiger partial charge in [0.25, 0.3) is 0 Å². The number of halogens is 1. The van der Waals surface area contributed by atoms with Gasteiger partial charge in [0.1, 0.15) is 0 Å². The van der Waals surface area contributed by atoms with Gasteiger partial charge in [0.05, 0.1) is 7.11 Å². The quantitative estimate of drug-likeness (QED) is 0.885. The maximum Gasteiger partial charge on any atom is 0.168 e. The van der Waals surface area contributed by atoms with E-state index in [1.54, 1.807) is 6.07 Å². The lowest BCUT2D eigenvalue weighted by Gasteiger charge is -2.35. The van der Waals surface area contributed by atoms with E-state index in [0.29, 0.717) is 17.7 Å². The van der Waals surface area contributed by atoms with E-state index in [1.165, 1.54) is 26.4 Å². The number of nitrogens with one attached hydrogen (secondary N) is 1. The first-order valence-electron chi connectivity index (χ1n) is 7.70. The number of benzene rings is 1. The Morgan fingerprint density at radius 3 is 2.85 bits per heavy atom. The molecule has 112 valence electrons. The lowest BCUT2D eigenvalue weighted by Crippen LogP contribution is -2.41. The molecule has 0 bridgehead atoms. The van der Waals surface area contributed by atoms with E-state index in [4.69, 9.17) is 4.74 Å². The van der Waals surface area contributed by atoms with E-state index in [9.17, 15) is 4.39 Å². The first-order valence-corrected chi connectivity index (χ1v) is 7.70. The van der Waals surface area contributed by atoms with Crippen LogP contribution >= 0.6 is 0 Å². The van der Waals surface area contributed by atoms with E-state index >= 15 is 0 Å². The summed E-state index contributed by atoms with van der Waals surface area (Å²) >= 11 is 0. The zero-order valence-corrected chi connectivity index (χ0v) is 12.8. The molecule has 1 aromatic rings. The van der Waals surface area contributed by atoms with Gasteiger partial charge in [-0.25, -0.2) is 4.39 Å². The molecule has 1 fully saturated rings. The van der Waals surface area contributed by atoms with E-state index < -0.39 is 0 Å². The normalized spacial score (nSPS) is 26.5. The second kappa shape index (κ2) is 7.07. The first kappa shape index (κ1) is 15.3. The summed E-state index contributed by atoms with van der Waals surface area (Å²) in [5.74, 6) is 1.42. The zero-order chi connectivity index (χ0) is 14.5. The van der Waals surface area contributed by atoms with Crippen LogP contribution < -0.4 is 10.1 Å². The van der Waals surface area contributed by atoms with Gasteiger partial charge in [0.15, 0.2) is 11.6 Å². The Kier molecular flexibility index (Phi) is 5.41. The van der Waals surface area contributed by atoms with Gasteiger partial charge in [-0.3, -0.25) is 0 Å². The molecule has 1 aliphatic rings. The molecule has 2 nitrogen and oxygen atoms in total. The molecule has 1 N–H and O–H groups in total. The molecule has 20 heavy (non-hydrogen) atoms. The lowest BCUT2D eigenvalue weighted by molar-refractivity contribution is 0.212. The Hall–Kier alpha value is -1.09. The summed E-state index contributed by atoms with van der Waals surface area (Å²) in [6.07, 6.45) is 4.44. The smallest absolute Gasteiger partial charge is 0.168 e. The molecule has 0 heterocycles. The maximum absolute atomic E-state index is 14.3. The van der Waals surface area contributed by atoms with Gasteiger partial charge in [-0.1, -0.05) is 26.0 Å². The Balaban J connectivity index is 2.13. The summed E-state index contributed by atoms with van der Waals surface area (Å²) in [7, 11) is 1.52. The number of hydrogen-bond donors (Lipinski definition) is 1. The van der Waals surface area contributed by atoms with Crippen molar-refractivity contribution < 1.29 is 9.13 Å². The summed E-state index contributed by atoms with van der Waals surface area (Å²) in [5, 5.41) is 3.57. The molecule has 0 radical (unpaired) electrons. The van der Waals surface area contributed by atoms with Crippen LogP contribution in [0.1, 0.15) is 38.7 Å². The molecule has 0 amide bonds. The van der Waals surface area contributed by atoms with Crippen LogP contribution in [0.5, 0.6) is 5.75 Å². The number of ether oxygens (including phenoxy) is 1. The van der Waals surface area contributed by atoms with Crippen molar-refractivity contribution in [2.75, 3.05) is 13.7 Å². The molecule has 3 unspecified atom stereocenters. The molecule has 0 spiro atoms. The minimum absolute atomic E-state index is 0.191. The number of methoxy groups -OCH3 is 1. The highest BCUT2D eigenvalue weighted by atomic mass is 19.1. The SMILES string of the molecule is CCNC1CCC(C)CC1Cc1cccc(OC)c1F. The summed E-state index contributed by atoms with van der Waals surface area (Å²) in [6.45, 7) is 5.43. The van der Waals surface area contributed by atoms with Crippen molar-refractivity contribution in [2.24, 2.45) is 11.8 Å². The third-order valence-electron chi connectivity index (χ3n) is 4.46. The monoisotopic (exact) mass is 279 g/mol. The highest BCUT2D eigenvalue weighted by Gasteiger charge is 2.29. The molecule has 0 aromatic heterocycles. The fourth-order valence-electron chi connectivity index (χ4n) is 3.41. The van der Waals surface area contributed by atoms with Crippen LogP contribution in [-0.2, 0) is 6.42 Å². The van der Waals surface area contributed by atoms with Crippen molar-refractivity contribution in [3.05, 3.63) is 29.6 Å². The van der Waals surface area contributed by atoms with E-state index in [0.717, 1.165) is 24.4 Å². The zero-order valence-electron chi connectivity index (χ0n) is 12.8. The third kappa shape index (κ3) is 3.51. The van der Waals surface area contributed by atoms with Crippen LogP contribution in [0.15, 0.2) is 18.2 Å². The summed E-state index contributed by atoms with van der Waals surface area (Å²) in [4.78, 5) is 0. The van der Waals surface area contributed by atoms with Crippen LogP contribution in [0, 0.1) is 17.7 Å². The molecule has 3 atom stereocenters. The van der Waals surface area contributed by atoms with Gasteiger partial charge >= 0.3 is 0 Å². The molecular weight excluding hydrogens is 253 g/mol. The van der Waals surface area contributed by atoms with E-state index in [1.807, 2.05) is 12.1 Å². The largest absolute Gasteiger partial charge is 0.494 e. The van der Waals surface area contributed by atoms with Crippen LogP contribution in [0.3, 0.4) is 0 Å². The Labute approximate surface area is 121 Å². The van der Waals surface area contributed by atoms with Crippen LogP contribution in [-0.4, -0.2) is 19.7 Å². The molecule has 2 rings (SSSR count). The van der Waals surface area contributed by atoms with Crippen molar-refractivity contribution in [2.45, 2.75) is 45.6 Å². The molecule has 1 aromatic carbocycles. The Bertz CT molecular complexity index is 435. The van der Waals surface area contributed by atoms with Gasteiger partial charge in [-0.05, 0) is 55.7 Å². The van der Waals surface area contributed by atoms with Gasteiger partial charge in [0, 0.05) is 6.04 Å². The molecule has 0 saturated heterocycles. The van der Waals surface area contributed by atoms with Gasteiger partial charge in [0.2, 0.25) is 0 Å². The summed E-state index contributed by atoms with van der Waals surface area (Å²) in [5.41, 5.74) is 0.784. The van der Waals surface area contributed by atoms with Gasteiger partial charge in [-0.15, -0.1) is 0 Å². The van der Waals surface area contributed by atoms with E-state index in [-0.39, 0.29) is 5.82 Å². The van der Waals surface area contributed by atoms with E-state index in [2.05, 4.69) is 19.2 Å². The predicted octanol–water partition coefficient (Wildman–Crippen LogP) is 3.79. The van der Waals surface area contributed by atoms with Crippen LogP contribution in [0.2, 0.25) is 0 Å². The minimum atomic E-state index is -0.191. The van der Waals surface area contributed by atoms with Crippen LogP contribution in [0.4, 0.5) is 4.39 Å². The van der Waals surface area contributed by atoms with Crippen molar-refractivity contribution in [3.63, 3.8) is 0 Å². The fraction of sp³-hybridized carbons (Fsp3) is 0.647. The molecule has 3 heteroatoms. The third-order valence-corrected chi connectivity index (χ3v) is 4.46. The minimum Gasteiger partial charge on any atom is -0.494 e. The first-order chi connectivity index (χ1) is 9.65. The average molecular weight is 279 g/mol. The molecule has 1 saturated carbocycles. The van der Waals surface area contributed by atoms with Gasteiger partial charge < -0.3 is 10.1 Å². The topological polar surface area (TPSA) is 21.3 Å². The summed E-state index contributed by atoms with van der Waals surface area (Å²) in [6, 6.07) is 5.97. The molecule has 0 aliphatic heterocycles. The number of rotatable bonds is 5. The maximum atomic E-state index is 14.3. The highest BCUT2D eigenvalue weighted by Crippen LogP contribution is 2.33. The Morgan fingerprint density at radius 1 is 1.35 bits per heavy atom. The van der Waals surface area contributed by atoms with Crippen molar-refractivity contribution >= 4 is 0 Å². The molecular formula is C17H26FNO. The van der Waals surface area contributed by atoms with Crippen molar-refractivity contribution in [1.82, 2.24) is 5.32 Å². The van der Waals surface area contributed by atoms with Crippen molar-refractivity contribution in [3.8, 4) is 5.75 Å². The second-order valence-corrected chi connectivity index (χ2v) is 5.98. The number of hydrogen-bond acceptors (Lipinski definition) is 2. The van der Waals surface area contributed by atoms with Crippen molar-refractivity contribution in [1.29, 1.82) is 0 Å². The fourth-order valence-corrected chi connectivity index (χ4v) is 3.41. The average Bonchev–Trinajstić information content (AvgIpc) is 2.44. The standard InChI is InChI=1S/C17H26FNO/c1-4-19-15-9-8-12(2)10-14(15)11-13-6-5-7-16(20-3)17(13)18/h5-7,12,14-15,19H,4,8-11H2,1-3H3. The van der Waals surface area contributed by atoms with Gasteiger partial charge in [-0.2, -0.15) is 0 Å². The lowest BCUT2D eigenvalue weighted by atomic mass is 9.76. The second-order valence-electron chi connectivity index (χ2n) is 5.98. The molecule has 1 aliphatic carbocycles. The highest BCUT2D eigenvalue weighted by molar-refractivity contribution is 5.31. The predicted molar refractivity (Wildman–Crippen MR) is 80.6 cm³/mol. The van der Waals surface area contributed by atoms with Crippen LogP contribution in [0.25, 0.3) is 0 Å².